The first-order valence-corrected chi connectivity index (χ1v) is 46.5. The summed E-state index contributed by atoms with van der Waals surface area (Å²) >= 11 is 0. The molecule has 138 heavy (non-hydrogen) atoms. The van der Waals surface area contributed by atoms with Crippen LogP contribution >= 0.6 is 46.9 Å². The minimum Gasteiger partial charge on any atom is -0.756 e. The normalized spacial score (nSPS) is 30.4. The molecule has 15 heterocycles. The van der Waals surface area contributed by atoms with Crippen LogP contribution in [0.5, 0.6) is 0 Å². The number of H-pyrrole nitrogens is 3. The molecule has 12 unspecified atom stereocenters. The number of aromatic amines is 3. The van der Waals surface area contributed by atoms with Crippen molar-refractivity contribution in [3.63, 3.8) is 0 Å². The number of methoxy groups -OCH3 is 2. The monoisotopic (exact) mass is 2130 g/mol. The van der Waals surface area contributed by atoms with E-state index < -0.39 is 268 Å². The second-order valence-corrected chi connectivity index (χ2v) is 37.1. The van der Waals surface area contributed by atoms with Crippen LogP contribution in [0.2, 0.25) is 0 Å². The smallest absolute Gasteiger partial charge is 0.756 e. The zero-order valence-corrected chi connectivity index (χ0v) is 90.7. The van der Waals surface area contributed by atoms with E-state index in [9.17, 15) is 116 Å². The summed E-state index contributed by atoms with van der Waals surface area (Å²) in [6.45, 7) is -6.36. The van der Waals surface area contributed by atoms with E-state index in [1.165, 1.54) is 17.7 Å². The number of rotatable bonds is 36. The maximum atomic E-state index is 13.6. The third kappa shape index (κ3) is 27.4. The van der Waals surface area contributed by atoms with Gasteiger partial charge >= 0.3 is 194 Å². The molecule has 0 amide bonds. The summed E-state index contributed by atoms with van der Waals surface area (Å²) in [6, 6.07) is 3.47. The summed E-state index contributed by atoms with van der Waals surface area (Å²) in [5.74, 6) is -0.623. The first-order chi connectivity index (χ1) is 62.3. The molecule has 15 rings (SSSR count). The van der Waals surface area contributed by atoms with E-state index >= 15 is 0 Å². The van der Waals surface area contributed by atoms with E-state index in [0.717, 1.165) is 104 Å². The summed E-state index contributed by atoms with van der Waals surface area (Å²) in [5.41, 5.74) is 10.6. The number of phosphoric ester groups is 6. The van der Waals surface area contributed by atoms with Crippen molar-refractivity contribution in [2.24, 2.45) is 0 Å². The fourth-order valence-corrected chi connectivity index (χ4v) is 19.1. The SMILES string of the molecule is COC1[C@@H](COP(=O)([O-])OC2[C@@H](COP(=O)([O-])OC3[C@@H](COP(=O)([O-])OC)O[C@@H](n4ccc(N)nc4=O)[C@H]3O)O[C@@H](n3ccc(N)nc3=O)[C@H]2O)O[C@@H](n2ccc(N)nc2=O)[C@H]1O.COC1[C@@H](COP(=O)([O-])OC2[C@@H](COP(=O)([O-])OC3[C@@H](COP(=O)([O-])OC)O[C@@H](n4cnc5c(=O)[nH]cnc54)[C@H]3O)O[C@@H](n3cnc4c(=O)[nH]cnc43)[C@H]2O)O[C@@H](n2cnc3c(=O)[nH]cnc32)[C@H]1O.[Na+].[Na+].[Na+].[Na+].[Na+].[Na+]. The molecule has 0 aromatic carbocycles. The zero-order chi connectivity index (χ0) is 95.3. The van der Waals surface area contributed by atoms with Crippen molar-refractivity contribution < 1.29 is 357 Å². The molecule has 6 fully saturated rings. The second kappa shape index (κ2) is 50.0. The number of hydrogen-bond donors (Lipinski definition) is 12. The summed E-state index contributed by atoms with van der Waals surface area (Å²) in [4.78, 5) is 194. The van der Waals surface area contributed by atoms with Gasteiger partial charge in [-0.05, 0) is 18.2 Å². The molecule has 9 aromatic heterocycles. The minimum atomic E-state index is -5.79. The molecule has 9 aromatic rings. The Hall–Kier alpha value is -2.81. The molecular weight excluding hydrogens is 2050 g/mol. The Balaban J connectivity index is 0.000000326. The number of nitrogen functional groups attached to an aromatic ring is 3. The zero-order valence-electron chi connectivity index (χ0n) is 73.3. The molecule has 0 spiro atoms. The van der Waals surface area contributed by atoms with Crippen molar-refractivity contribution in [2.45, 2.75) is 147 Å². The number of imidazole rings is 3. The van der Waals surface area contributed by atoms with E-state index in [1.807, 2.05) is 0 Å². The quantitative estimate of drug-likeness (QED) is 0.0128. The van der Waals surface area contributed by atoms with E-state index in [0.29, 0.717) is 9.13 Å². The summed E-state index contributed by atoms with van der Waals surface area (Å²) < 4.78 is 187. The van der Waals surface area contributed by atoms with Crippen LogP contribution in [0.4, 0.5) is 17.5 Å². The Morgan fingerprint density at radius 3 is 0.746 bits per heavy atom. The van der Waals surface area contributed by atoms with Gasteiger partial charge in [-0.15, -0.1) is 0 Å². The van der Waals surface area contributed by atoms with E-state index in [2.05, 4.69) is 73.4 Å². The molecule has 724 valence electrons. The summed E-state index contributed by atoms with van der Waals surface area (Å²) in [5, 5.41) is 67.3. The van der Waals surface area contributed by atoms with Crippen molar-refractivity contribution in [1.82, 2.24) is 87.2 Å². The molecule has 6 aliphatic heterocycles. The molecule has 15 N–H and O–H groups in total. The summed E-state index contributed by atoms with van der Waals surface area (Å²) in [6.07, 6.45) is -32.8. The van der Waals surface area contributed by atoms with Crippen molar-refractivity contribution in [1.29, 1.82) is 0 Å². The van der Waals surface area contributed by atoms with Crippen LogP contribution in [0, 0.1) is 0 Å². The Labute approximate surface area is 902 Å². The molecule has 77 heteroatoms. The van der Waals surface area contributed by atoms with Gasteiger partial charge in [0.2, 0.25) is 0 Å². The predicted octanol–water partition coefficient (Wildman–Crippen LogP) is -28.8. The van der Waals surface area contributed by atoms with Gasteiger partial charge in [0, 0.05) is 47.0 Å². The van der Waals surface area contributed by atoms with Gasteiger partial charge in [-0.2, -0.15) is 15.0 Å². The van der Waals surface area contributed by atoms with Gasteiger partial charge < -0.3 is 184 Å². The third-order valence-corrected chi connectivity index (χ3v) is 26.2. The molecule has 6 aliphatic rings. The molecule has 30 atom stereocenters. The van der Waals surface area contributed by atoms with Gasteiger partial charge in [-0.25, -0.2) is 44.3 Å². The van der Waals surface area contributed by atoms with Gasteiger partial charge in [-0.3, -0.25) is 69.2 Å². The third-order valence-electron chi connectivity index (χ3n) is 20.5. The molecule has 0 radical (unpaired) electrons. The number of hydrogen-bond acceptors (Lipinski definition) is 56. The van der Waals surface area contributed by atoms with Crippen LogP contribution in [0.3, 0.4) is 0 Å². The number of aliphatic hydroxyl groups excluding tert-OH is 6. The van der Waals surface area contributed by atoms with Gasteiger partial charge in [0.15, 0.2) is 70.9 Å². The van der Waals surface area contributed by atoms with Gasteiger partial charge in [0.05, 0.1) is 77.6 Å². The topological polar surface area (TPSA) is 920 Å². The van der Waals surface area contributed by atoms with Crippen LogP contribution in [-0.4, -0.2) is 296 Å². The van der Waals surface area contributed by atoms with Crippen molar-refractivity contribution in [3.05, 3.63) is 137 Å². The average molecular weight is 2130 g/mol. The largest absolute Gasteiger partial charge is 1.00 e. The molecule has 0 aliphatic carbocycles. The Bertz CT molecular complexity index is 6400. The number of nitrogens with two attached hydrogens (primary N) is 3. The van der Waals surface area contributed by atoms with Gasteiger partial charge in [0.25, 0.3) is 63.6 Å². The van der Waals surface area contributed by atoms with Crippen LogP contribution < -0.4 is 258 Å². The second-order valence-electron chi connectivity index (χ2n) is 28.6. The molecule has 65 nitrogen and oxygen atoms in total. The maximum absolute atomic E-state index is 13.6. The van der Waals surface area contributed by atoms with Crippen molar-refractivity contribution in [3.8, 4) is 0 Å². The number of phosphoric acid groups is 6. The van der Waals surface area contributed by atoms with Gasteiger partial charge in [0.1, 0.15) is 127 Å². The van der Waals surface area contributed by atoms with Crippen LogP contribution in [0.1, 0.15) is 37.4 Å². The standard InChI is InChI=1S/C32H39N12O22P3.C29H42N9O22P3.6Na/c1-57-21-12(62-30(18(21)45)42-9-39-15-24(42)33-6-36-27(15)48)3-60-68(53,54)66-23-14(64-32(20(23)47)44-11-41-17-26(44)35-8-38-29(17)50)5-61-69(55,56)65-22-13(4-59-67(51,52)58-2)63-31(19(22)46)43-10-40-16-25(43)34-7-37-28(16)49;1-51-21-12(56-24(18(21)39)36-6-3-15(30)33-27(36)42)9-54-62(47,48)60-23-14(58-26(20(23)41)38-8-5-17(32)35-29(38)44)11-55-63(49,50)59-22-13(10-53-61(45,46)52-2)57-25(19(22)40)37-7-4-16(31)34-28(37)43;;;;;;/h6-14,18-23,30-32,45-47H,3-5H2,1-2H3,(H,51,52)(H,53,54)(H,55,56)(H,33,36,48)(H,34,37,49)(H,35,38,50);3-8,12-14,18-26,39-41H,9-11H2,1-2H3,(H,45,46)(H,47,48)(H,49,50)(H2,30,33,42)(H2,31,34,43)(H2,32,35,44);;;;;;/q;;6*+1/p-6/t12-,13-,14-,18+,19+,20+,21?,22?,23?,30-,31-,32-;12-,13-,14-,18+,19+,20+,21?,22?,23?,24-,25-,26-;;;;;;/m11....../s1. The van der Waals surface area contributed by atoms with Crippen molar-refractivity contribution in [2.75, 3.05) is 85.3 Å². The van der Waals surface area contributed by atoms with Crippen LogP contribution in [0.25, 0.3) is 33.5 Å². The number of ether oxygens (including phenoxy) is 8. The molecule has 0 saturated carbocycles. The maximum Gasteiger partial charge on any atom is 1.00 e. The number of anilines is 3. The van der Waals surface area contributed by atoms with Crippen molar-refractivity contribution >= 4 is 97.9 Å². The van der Waals surface area contributed by atoms with Crippen LogP contribution in [-0.2, 0) is 120 Å². The van der Waals surface area contributed by atoms with E-state index in [4.69, 9.17) is 95.8 Å². The average Bonchev–Trinajstić information content (AvgIpc) is 1.61. The predicted molar refractivity (Wildman–Crippen MR) is 409 cm³/mol. The molecular formula is C61H75N21Na6O44P6. The van der Waals surface area contributed by atoms with E-state index in [-0.39, 0.29) is 228 Å². The number of aromatic nitrogens is 18. The fourth-order valence-electron chi connectivity index (χ4n) is 14.4. The number of nitrogens with one attached hydrogen (secondary N) is 3. The Morgan fingerprint density at radius 2 is 0.536 bits per heavy atom. The minimum absolute atomic E-state index is 0. The fraction of sp³-hybridized carbons (Fsp3) is 0.557. The first-order valence-electron chi connectivity index (χ1n) is 37.7. The molecule has 0 bridgehead atoms. The Kier molecular flexibility index (Phi) is 43.6. The van der Waals surface area contributed by atoms with Crippen LogP contribution in [0.15, 0.2) is 104 Å². The van der Waals surface area contributed by atoms with E-state index in [1.54, 1.807) is 0 Å². The molecule has 6 saturated heterocycles. The summed E-state index contributed by atoms with van der Waals surface area (Å²) in [7, 11) is -29.0. The first kappa shape index (κ1) is 120. The number of aliphatic hydroxyl groups is 6. The van der Waals surface area contributed by atoms with Gasteiger partial charge in [-0.1, -0.05) is 0 Å². The number of nitrogens with zero attached hydrogens (tertiary/aromatic N) is 15. The Morgan fingerprint density at radius 1 is 0.333 bits per heavy atom. The number of fused-ring (bicyclic) bond motifs is 3.